The molecule has 3 N–H and O–H groups in total. The highest BCUT2D eigenvalue weighted by atomic mass is 19.1. The number of aryl methyl sites for hydroxylation is 1. The number of hydrogen-bond donors (Lipinski definition) is 3. The average molecular weight is 223 g/mol. The van der Waals surface area contributed by atoms with Crippen LogP contribution in [0, 0.1) is 12.7 Å². The van der Waals surface area contributed by atoms with E-state index in [0.29, 0.717) is 5.56 Å². The Labute approximate surface area is 92.6 Å². The monoisotopic (exact) mass is 223 g/mol. The van der Waals surface area contributed by atoms with Gasteiger partial charge in [-0.25, -0.2) is 4.39 Å². The van der Waals surface area contributed by atoms with Crippen LogP contribution in [-0.4, -0.2) is 23.1 Å². The maximum atomic E-state index is 13.0. The van der Waals surface area contributed by atoms with Crippen molar-refractivity contribution < 1.29 is 19.2 Å². The number of nitrogens with one attached hydrogen (secondary N) is 1. The predicted molar refractivity (Wildman–Crippen MR) is 59.8 cm³/mol. The van der Waals surface area contributed by atoms with Gasteiger partial charge in [-0.3, -0.25) is 4.79 Å². The first-order chi connectivity index (χ1) is 7.45. The zero-order valence-corrected chi connectivity index (χ0v) is 8.70. The van der Waals surface area contributed by atoms with E-state index in [1.54, 1.807) is 6.92 Å². The third-order valence-corrected chi connectivity index (χ3v) is 2.04. The maximum absolute atomic E-state index is 13.0. The van der Waals surface area contributed by atoms with E-state index in [4.69, 9.17) is 10.0 Å². The van der Waals surface area contributed by atoms with E-state index in [1.165, 1.54) is 6.07 Å². The van der Waals surface area contributed by atoms with Crippen molar-refractivity contribution in [1.29, 1.82) is 0 Å². The van der Waals surface area contributed by atoms with Crippen molar-refractivity contribution in [2.75, 3.05) is 5.32 Å². The average Bonchev–Trinajstić information content (AvgIpc) is 2.20. The molecule has 4 nitrogen and oxygen atoms in total. The molecule has 0 bridgehead atoms. The van der Waals surface area contributed by atoms with Crippen molar-refractivity contribution in [2.45, 2.75) is 6.92 Å². The normalized spacial score (nSPS) is 9.75. The second-order valence-corrected chi connectivity index (χ2v) is 3.25. The molecule has 0 spiro atoms. The predicted octanol–water partition coefficient (Wildman–Crippen LogP) is -0.0616. The zero-order chi connectivity index (χ0) is 12.3. The van der Waals surface area contributed by atoms with Crippen LogP contribution in [-0.2, 0) is 4.79 Å². The topological polar surface area (TPSA) is 69.6 Å². The number of carbonyl (C=O) groups excluding carboxylic acids is 1. The van der Waals surface area contributed by atoms with Crippen LogP contribution in [0.1, 0.15) is 5.56 Å². The fraction of sp³-hybridized carbons (Fsp3) is 0.100. The summed E-state index contributed by atoms with van der Waals surface area (Å²) >= 11 is 0. The number of benzene rings is 1. The van der Waals surface area contributed by atoms with Crippen LogP contribution in [0.15, 0.2) is 24.8 Å². The maximum Gasteiger partial charge on any atom is 0.490 e. The van der Waals surface area contributed by atoms with Crippen LogP contribution in [0.5, 0.6) is 0 Å². The number of hydrogen-bond acceptors (Lipinski definition) is 3. The molecule has 0 radical (unpaired) electrons. The van der Waals surface area contributed by atoms with E-state index < -0.39 is 18.8 Å². The summed E-state index contributed by atoms with van der Waals surface area (Å²) in [7, 11) is -1.85. The lowest BCUT2D eigenvalue weighted by Gasteiger charge is -2.12. The molecule has 0 saturated heterocycles. The molecule has 0 saturated carbocycles. The summed E-state index contributed by atoms with van der Waals surface area (Å²) < 4.78 is 13.0. The molecule has 0 fully saturated rings. The standard InChI is InChI=1S/C10H11BFNO3/c1-3-9(14)13-10-6(2)4-7(12)5-8(10)11(15)16/h3-5,15-16H,1H2,2H3,(H,13,14). The molecule has 0 atom stereocenters. The number of amides is 1. The minimum absolute atomic E-state index is 0.0901. The van der Waals surface area contributed by atoms with Crippen molar-refractivity contribution in [3.63, 3.8) is 0 Å². The van der Waals surface area contributed by atoms with Crippen molar-refractivity contribution in [2.24, 2.45) is 0 Å². The van der Waals surface area contributed by atoms with E-state index in [0.717, 1.165) is 12.1 Å². The van der Waals surface area contributed by atoms with E-state index in [9.17, 15) is 9.18 Å². The molecule has 1 aromatic rings. The Balaban J connectivity index is 3.24. The lowest BCUT2D eigenvalue weighted by Crippen LogP contribution is -2.34. The lowest BCUT2D eigenvalue weighted by molar-refractivity contribution is -0.111. The summed E-state index contributed by atoms with van der Waals surface area (Å²) in [4.78, 5) is 11.1. The van der Waals surface area contributed by atoms with Crippen LogP contribution < -0.4 is 10.8 Å². The zero-order valence-electron chi connectivity index (χ0n) is 8.70. The molecule has 0 aliphatic carbocycles. The quantitative estimate of drug-likeness (QED) is 0.496. The van der Waals surface area contributed by atoms with Crippen molar-refractivity contribution >= 4 is 24.2 Å². The summed E-state index contributed by atoms with van der Waals surface area (Å²) in [6, 6.07) is 2.14. The molecular weight excluding hydrogens is 212 g/mol. The van der Waals surface area contributed by atoms with Crippen LogP contribution >= 0.6 is 0 Å². The first-order valence-corrected chi connectivity index (χ1v) is 4.55. The fourth-order valence-corrected chi connectivity index (χ4v) is 1.32. The molecule has 6 heteroatoms. The molecule has 0 heterocycles. The van der Waals surface area contributed by atoms with Crippen LogP contribution in [0.2, 0.25) is 0 Å². The first-order valence-electron chi connectivity index (χ1n) is 4.55. The number of rotatable bonds is 3. The highest BCUT2D eigenvalue weighted by molar-refractivity contribution is 6.60. The highest BCUT2D eigenvalue weighted by Gasteiger charge is 2.19. The van der Waals surface area contributed by atoms with Crippen LogP contribution in [0.4, 0.5) is 10.1 Å². The fourth-order valence-electron chi connectivity index (χ4n) is 1.32. The van der Waals surface area contributed by atoms with Gasteiger partial charge in [0.05, 0.1) is 0 Å². The molecule has 0 aromatic heterocycles. The van der Waals surface area contributed by atoms with Gasteiger partial charge in [-0.2, -0.15) is 0 Å². The van der Waals surface area contributed by atoms with Gasteiger partial charge in [-0.15, -0.1) is 0 Å². The highest BCUT2D eigenvalue weighted by Crippen LogP contribution is 2.14. The molecule has 1 aromatic carbocycles. The Morgan fingerprint density at radius 1 is 1.56 bits per heavy atom. The molecule has 0 aliphatic rings. The van der Waals surface area contributed by atoms with Gasteiger partial charge in [0.2, 0.25) is 5.91 Å². The Bertz CT molecular complexity index is 434. The Hall–Kier alpha value is -1.66. The number of anilines is 1. The third-order valence-electron chi connectivity index (χ3n) is 2.04. The van der Waals surface area contributed by atoms with Gasteiger partial charge in [0.15, 0.2) is 0 Å². The number of carbonyl (C=O) groups is 1. The summed E-state index contributed by atoms with van der Waals surface area (Å²) in [5.74, 6) is -1.10. The largest absolute Gasteiger partial charge is 0.490 e. The van der Waals surface area contributed by atoms with E-state index >= 15 is 0 Å². The van der Waals surface area contributed by atoms with Crippen molar-refractivity contribution in [3.8, 4) is 0 Å². The number of halogens is 1. The minimum atomic E-state index is -1.85. The summed E-state index contributed by atoms with van der Waals surface area (Å²) in [5.41, 5.74) is 0.493. The van der Waals surface area contributed by atoms with E-state index in [-0.39, 0.29) is 11.2 Å². The summed E-state index contributed by atoms with van der Waals surface area (Å²) in [5, 5.41) is 20.5. The van der Waals surface area contributed by atoms with E-state index in [1.807, 2.05) is 0 Å². The van der Waals surface area contributed by atoms with Crippen molar-refractivity contribution in [3.05, 3.63) is 36.2 Å². The summed E-state index contributed by atoms with van der Waals surface area (Å²) in [6.45, 7) is 4.82. The Morgan fingerprint density at radius 3 is 2.69 bits per heavy atom. The SMILES string of the molecule is C=CC(=O)Nc1c(C)cc(F)cc1B(O)O. The molecule has 84 valence electrons. The molecule has 0 aliphatic heterocycles. The Kier molecular flexibility index (Phi) is 3.81. The molecule has 0 unspecified atom stereocenters. The van der Waals surface area contributed by atoms with Gasteiger partial charge in [-0.1, -0.05) is 6.58 Å². The van der Waals surface area contributed by atoms with Gasteiger partial charge in [0.25, 0.3) is 0 Å². The van der Waals surface area contributed by atoms with Gasteiger partial charge >= 0.3 is 7.12 Å². The first kappa shape index (κ1) is 12.4. The minimum Gasteiger partial charge on any atom is -0.423 e. The molecule has 16 heavy (non-hydrogen) atoms. The smallest absolute Gasteiger partial charge is 0.423 e. The van der Waals surface area contributed by atoms with Gasteiger partial charge in [0, 0.05) is 11.2 Å². The van der Waals surface area contributed by atoms with E-state index in [2.05, 4.69) is 11.9 Å². The van der Waals surface area contributed by atoms with Gasteiger partial charge in [-0.05, 0) is 30.7 Å². The molecular formula is C10H11BFNO3. The molecule has 1 amide bonds. The van der Waals surface area contributed by atoms with Crippen LogP contribution in [0.25, 0.3) is 0 Å². The second kappa shape index (κ2) is 4.91. The van der Waals surface area contributed by atoms with Gasteiger partial charge in [0.1, 0.15) is 5.82 Å². The Morgan fingerprint density at radius 2 is 2.19 bits per heavy atom. The van der Waals surface area contributed by atoms with Crippen molar-refractivity contribution in [1.82, 2.24) is 0 Å². The van der Waals surface area contributed by atoms with Crippen LogP contribution in [0.3, 0.4) is 0 Å². The third kappa shape index (κ3) is 2.68. The lowest BCUT2D eigenvalue weighted by atomic mass is 9.78. The summed E-state index contributed by atoms with van der Waals surface area (Å²) in [6.07, 6.45) is 1.04. The molecule has 1 rings (SSSR count). The second-order valence-electron chi connectivity index (χ2n) is 3.25. The van der Waals surface area contributed by atoms with Gasteiger partial charge < -0.3 is 15.4 Å².